The normalized spacial score (nSPS) is 11.3. The number of para-hydroxylation sites is 1. The van der Waals surface area contributed by atoms with E-state index in [2.05, 4.69) is 10.3 Å². The number of nitrogens with one attached hydrogen (secondary N) is 2. The van der Waals surface area contributed by atoms with E-state index in [9.17, 15) is 29.9 Å². The number of carbonyl (C=O) groups excluding carboxylic acids is 1. The van der Waals surface area contributed by atoms with Crippen LogP contribution in [-0.4, -0.2) is 44.2 Å². The van der Waals surface area contributed by atoms with Gasteiger partial charge in [0.25, 0.3) is 5.91 Å². The molecule has 9 heteroatoms. The summed E-state index contributed by atoms with van der Waals surface area (Å²) in [6.45, 7) is 3.86. The van der Waals surface area contributed by atoms with E-state index < -0.39 is 17.8 Å². The fourth-order valence-corrected chi connectivity index (χ4v) is 4.37. The number of rotatable bonds is 8. The Labute approximate surface area is 212 Å². The molecule has 37 heavy (non-hydrogen) atoms. The number of fused-ring (bicyclic) bond motifs is 1. The summed E-state index contributed by atoms with van der Waals surface area (Å²) in [5.74, 6) is -3.00. The van der Waals surface area contributed by atoms with Crippen LogP contribution in [0.25, 0.3) is 22.7 Å². The van der Waals surface area contributed by atoms with Crippen molar-refractivity contribution in [3.63, 3.8) is 0 Å². The van der Waals surface area contributed by atoms with Gasteiger partial charge in [0, 0.05) is 40.7 Å². The Bertz CT molecular complexity index is 1580. The number of H-pyrrole nitrogens is 1. The second-order valence-electron chi connectivity index (χ2n) is 8.58. The first-order valence-electron chi connectivity index (χ1n) is 11.5. The van der Waals surface area contributed by atoms with Gasteiger partial charge in [-0.1, -0.05) is 18.2 Å². The van der Waals surface area contributed by atoms with Crippen molar-refractivity contribution in [2.24, 2.45) is 0 Å². The van der Waals surface area contributed by atoms with Crippen LogP contribution in [0.5, 0.6) is 0 Å². The van der Waals surface area contributed by atoms with Crippen molar-refractivity contribution in [3.8, 4) is 11.8 Å². The van der Waals surface area contributed by atoms with Gasteiger partial charge in [0.1, 0.15) is 11.6 Å². The van der Waals surface area contributed by atoms with Gasteiger partial charge in [-0.05, 0) is 67.8 Å². The molecular formula is C28H24N4O5. The molecule has 2 aromatic heterocycles. The molecule has 0 saturated carbocycles. The highest BCUT2D eigenvalue weighted by molar-refractivity contribution is 6.02. The van der Waals surface area contributed by atoms with Crippen LogP contribution in [0.2, 0.25) is 0 Å². The Morgan fingerprint density at radius 3 is 2.38 bits per heavy atom. The number of carboxylic acid groups (broad SMARTS) is 2. The van der Waals surface area contributed by atoms with Crippen LogP contribution < -0.4 is 5.32 Å². The molecule has 4 N–H and O–H groups in total. The molecule has 4 aromatic rings. The van der Waals surface area contributed by atoms with Crippen molar-refractivity contribution < 1.29 is 24.6 Å². The molecule has 0 unspecified atom stereocenters. The number of aromatic nitrogens is 2. The van der Waals surface area contributed by atoms with Crippen LogP contribution in [0.15, 0.2) is 60.3 Å². The first kappa shape index (κ1) is 25.0. The Kier molecular flexibility index (Phi) is 6.93. The van der Waals surface area contributed by atoms with Crippen LogP contribution >= 0.6 is 0 Å². The topological polar surface area (TPSA) is 148 Å². The predicted molar refractivity (Wildman–Crippen MR) is 138 cm³/mol. The van der Waals surface area contributed by atoms with Gasteiger partial charge in [-0.3, -0.25) is 4.79 Å². The smallest absolute Gasteiger partial charge is 0.335 e. The van der Waals surface area contributed by atoms with Crippen molar-refractivity contribution in [3.05, 3.63) is 93.9 Å². The molecule has 0 aliphatic carbocycles. The summed E-state index contributed by atoms with van der Waals surface area (Å²) in [6.07, 6.45) is 3.97. The zero-order valence-electron chi connectivity index (χ0n) is 20.2. The van der Waals surface area contributed by atoms with Crippen molar-refractivity contribution >= 4 is 34.8 Å². The number of aromatic amines is 1. The molecule has 0 radical (unpaired) electrons. The van der Waals surface area contributed by atoms with Crippen LogP contribution in [0, 0.1) is 25.2 Å². The highest BCUT2D eigenvalue weighted by Crippen LogP contribution is 2.25. The second kappa shape index (κ2) is 10.3. The van der Waals surface area contributed by atoms with E-state index in [-0.39, 0.29) is 16.7 Å². The zero-order valence-corrected chi connectivity index (χ0v) is 20.2. The lowest BCUT2D eigenvalue weighted by Crippen LogP contribution is -2.26. The van der Waals surface area contributed by atoms with Gasteiger partial charge in [-0.15, -0.1) is 0 Å². The molecule has 1 amide bonds. The van der Waals surface area contributed by atoms with Gasteiger partial charge in [0.2, 0.25) is 0 Å². The third-order valence-corrected chi connectivity index (χ3v) is 6.16. The molecule has 186 valence electrons. The fraction of sp³-hybridized carbons (Fsp3) is 0.143. The van der Waals surface area contributed by atoms with E-state index in [0.717, 1.165) is 22.5 Å². The summed E-state index contributed by atoms with van der Waals surface area (Å²) in [5, 5.41) is 32.3. The monoisotopic (exact) mass is 496 g/mol. The van der Waals surface area contributed by atoms with Gasteiger partial charge < -0.3 is 25.1 Å². The van der Waals surface area contributed by atoms with Crippen molar-refractivity contribution in [1.82, 2.24) is 14.9 Å². The molecule has 0 fully saturated rings. The van der Waals surface area contributed by atoms with Gasteiger partial charge in [-0.2, -0.15) is 5.26 Å². The lowest BCUT2D eigenvalue weighted by molar-refractivity contribution is -0.117. The number of carboxylic acids is 2. The quantitative estimate of drug-likeness (QED) is 0.212. The number of carbonyl (C=O) groups is 3. The summed E-state index contributed by atoms with van der Waals surface area (Å²) in [4.78, 5) is 39.0. The van der Waals surface area contributed by atoms with Crippen LogP contribution in [0.1, 0.15) is 43.2 Å². The SMILES string of the molecule is Cc1cc(/C=C(/C#N)C(=O)NCCc2c[nH]c3ccccc23)c(C)n1-c1cc(C(=O)O)cc(C(=O)O)c1. The number of aryl methyl sites for hydroxylation is 1. The van der Waals surface area contributed by atoms with Crippen LogP contribution in [-0.2, 0) is 11.2 Å². The number of nitriles is 1. The average molecular weight is 497 g/mol. The van der Waals surface area contributed by atoms with Crippen LogP contribution in [0.3, 0.4) is 0 Å². The summed E-state index contributed by atoms with van der Waals surface area (Å²) in [7, 11) is 0. The van der Waals surface area contributed by atoms with Crippen molar-refractivity contribution in [1.29, 1.82) is 5.26 Å². The van der Waals surface area contributed by atoms with Gasteiger partial charge >= 0.3 is 11.9 Å². The van der Waals surface area contributed by atoms with Gasteiger partial charge in [-0.25, -0.2) is 9.59 Å². The first-order valence-corrected chi connectivity index (χ1v) is 11.5. The summed E-state index contributed by atoms with van der Waals surface area (Å²) < 4.78 is 1.69. The molecular weight excluding hydrogens is 472 g/mol. The Morgan fingerprint density at radius 1 is 1.05 bits per heavy atom. The molecule has 0 atom stereocenters. The van der Waals surface area contributed by atoms with E-state index in [1.54, 1.807) is 24.5 Å². The van der Waals surface area contributed by atoms with Crippen molar-refractivity contribution in [2.45, 2.75) is 20.3 Å². The standard InChI is InChI=1S/C28H24N4O5/c1-16-9-19(17(2)32(16)23-12-20(27(34)35)11-21(13-23)28(36)37)10-22(14-29)26(33)30-8-7-18-15-31-25-6-4-3-5-24(18)25/h3-6,9-13,15,31H,7-8H2,1-2H3,(H,30,33)(H,34,35)(H,36,37)/b22-10-. The average Bonchev–Trinajstić information content (AvgIpc) is 3.41. The summed E-state index contributed by atoms with van der Waals surface area (Å²) in [6, 6.07) is 15.4. The summed E-state index contributed by atoms with van der Waals surface area (Å²) in [5.41, 5.74) is 3.91. The lowest BCUT2D eigenvalue weighted by atomic mass is 10.1. The number of hydrogen-bond donors (Lipinski definition) is 4. The minimum Gasteiger partial charge on any atom is -0.478 e. The number of aromatic carboxylic acids is 2. The Balaban J connectivity index is 1.57. The maximum Gasteiger partial charge on any atom is 0.335 e. The second-order valence-corrected chi connectivity index (χ2v) is 8.58. The van der Waals surface area contributed by atoms with E-state index in [1.165, 1.54) is 18.2 Å². The fourth-order valence-electron chi connectivity index (χ4n) is 4.37. The Morgan fingerprint density at radius 2 is 1.73 bits per heavy atom. The molecule has 0 aliphatic rings. The number of benzene rings is 2. The lowest BCUT2D eigenvalue weighted by Gasteiger charge is -2.12. The largest absolute Gasteiger partial charge is 0.478 e. The van der Waals surface area contributed by atoms with E-state index >= 15 is 0 Å². The van der Waals surface area contributed by atoms with E-state index in [1.807, 2.05) is 36.5 Å². The minimum atomic E-state index is -1.25. The highest BCUT2D eigenvalue weighted by atomic mass is 16.4. The summed E-state index contributed by atoms with van der Waals surface area (Å²) >= 11 is 0. The molecule has 0 bridgehead atoms. The molecule has 2 aromatic carbocycles. The number of amides is 1. The maximum atomic E-state index is 12.7. The maximum absolute atomic E-state index is 12.7. The third-order valence-electron chi connectivity index (χ3n) is 6.16. The zero-order chi connectivity index (χ0) is 26.7. The predicted octanol–water partition coefficient (Wildman–Crippen LogP) is 4.24. The van der Waals surface area contributed by atoms with E-state index in [0.29, 0.717) is 35.6 Å². The molecule has 2 heterocycles. The van der Waals surface area contributed by atoms with Crippen LogP contribution in [0.4, 0.5) is 0 Å². The minimum absolute atomic E-state index is 0.0790. The Hall–Kier alpha value is -5.10. The van der Waals surface area contributed by atoms with E-state index in [4.69, 9.17) is 0 Å². The first-order chi connectivity index (χ1) is 17.7. The number of nitrogens with zero attached hydrogens (tertiary/aromatic N) is 2. The molecule has 0 saturated heterocycles. The highest BCUT2D eigenvalue weighted by Gasteiger charge is 2.17. The molecule has 9 nitrogen and oxygen atoms in total. The van der Waals surface area contributed by atoms with Gasteiger partial charge in [0.15, 0.2) is 0 Å². The molecule has 4 rings (SSSR count). The van der Waals surface area contributed by atoms with Gasteiger partial charge in [0.05, 0.1) is 11.1 Å². The number of hydrogen-bond acceptors (Lipinski definition) is 4. The third kappa shape index (κ3) is 5.13. The molecule has 0 aliphatic heterocycles. The van der Waals surface area contributed by atoms with Crippen molar-refractivity contribution in [2.75, 3.05) is 6.54 Å². The molecule has 0 spiro atoms.